The van der Waals surface area contributed by atoms with Gasteiger partial charge in [-0.1, -0.05) is 36.4 Å². The summed E-state index contributed by atoms with van der Waals surface area (Å²) in [4.78, 5) is 84.9. The molecule has 0 saturated heterocycles. The first-order valence-corrected chi connectivity index (χ1v) is 23.6. The summed E-state index contributed by atoms with van der Waals surface area (Å²) in [7, 11) is 4.21. The van der Waals surface area contributed by atoms with Gasteiger partial charge in [0.05, 0.1) is 82.0 Å². The number of carbonyl (C=O) groups is 6. The summed E-state index contributed by atoms with van der Waals surface area (Å²) in [6.45, 7) is -0.730. The number of aliphatic imine (C=N–C) groups is 1. The van der Waals surface area contributed by atoms with Crippen molar-refractivity contribution in [1.82, 2.24) is 21.3 Å². The van der Waals surface area contributed by atoms with E-state index in [4.69, 9.17) is 23.9 Å². The van der Waals surface area contributed by atoms with E-state index in [1.807, 2.05) is 59.5 Å². The number of methoxy groups -OCH3 is 3. The van der Waals surface area contributed by atoms with Crippen LogP contribution in [0.5, 0.6) is 23.0 Å². The second kappa shape index (κ2) is 21.9. The molecule has 6 N–H and O–H groups in total. The maximum absolute atomic E-state index is 14.1. The average Bonchev–Trinajstić information content (AvgIpc) is 3.90. The molecule has 5 aromatic rings. The maximum atomic E-state index is 14.1. The van der Waals surface area contributed by atoms with E-state index in [-0.39, 0.29) is 56.6 Å². The van der Waals surface area contributed by atoms with Gasteiger partial charge in [0.2, 0.25) is 17.7 Å². The Morgan fingerprint density at radius 2 is 1.29 bits per heavy atom. The molecule has 0 aromatic heterocycles. The topological polar surface area (TPSA) is 248 Å². The SMILES string of the molecule is COC(=O)CCNC(=O)CNC(=O)CNC(=O)CNC(O)c1cc(COc2cc3c(cc2OC)C(=O)N2c4ccccc4C[C@H]2C=N3)cc(COc2cc3c(cc2OC)C(=O)N2c4ccccc4C[C@H]2CN3)c1. The van der Waals surface area contributed by atoms with Gasteiger partial charge in [-0.25, -0.2) is 0 Å². The van der Waals surface area contributed by atoms with Crippen LogP contribution in [0.15, 0.2) is 96.0 Å². The first-order valence-electron chi connectivity index (χ1n) is 23.6. The highest BCUT2D eigenvalue weighted by molar-refractivity contribution is 6.15. The van der Waals surface area contributed by atoms with Gasteiger partial charge in [-0.2, -0.15) is 0 Å². The zero-order valence-corrected chi connectivity index (χ0v) is 40.3. The molecule has 20 nitrogen and oxygen atoms in total. The third-order valence-corrected chi connectivity index (χ3v) is 12.9. The molecule has 378 valence electrons. The molecule has 0 radical (unpaired) electrons. The summed E-state index contributed by atoms with van der Waals surface area (Å²) >= 11 is 0. The van der Waals surface area contributed by atoms with E-state index >= 15 is 0 Å². The van der Waals surface area contributed by atoms with Crippen LogP contribution in [0.1, 0.15) is 61.2 Å². The van der Waals surface area contributed by atoms with Crippen molar-refractivity contribution in [1.29, 1.82) is 0 Å². The quantitative estimate of drug-likeness (QED) is 0.0511. The summed E-state index contributed by atoms with van der Waals surface area (Å²) < 4.78 is 28.8. The highest BCUT2D eigenvalue weighted by atomic mass is 16.5. The number of ether oxygens (including phenoxy) is 5. The Balaban J connectivity index is 0.907. The molecule has 9 rings (SSSR count). The first-order chi connectivity index (χ1) is 35.4. The van der Waals surface area contributed by atoms with Gasteiger partial charge < -0.3 is 55.0 Å². The van der Waals surface area contributed by atoms with Gasteiger partial charge in [-0.05, 0) is 76.7 Å². The molecule has 4 aliphatic heterocycles. The summed E-state index contributed by atoms with van der Waals surface area (Å²) in [6.07, 6.45) is 1.71. The number of anilines is 3. The molecule has 3 atom stereocenters. The molecule has 0 bridgehead atoms. The predicted octanol–water partition coefficient (Wildman–Crippen LogP) is 3.64. The summed E-state index contributed by atoms with van der Waals surface area (Å²) in [6, 6.07) is 27.2. The number of hydrogen-bond donors (Lipinski definition) is 6. The van der Waals surface area contributed by atoms with Crippen molar-refractivity contribution in [3.8, 4) is 23.0 Å². The molecular formula is C53H54N8O12. The van der Waals surface area contributed by atoms with E-state index in [0.29, 0.717) is 75.2 Å². The van der Waals surface area contributed by atoms with Crippen molar-refractivity contribution in [2.45, 2.75) is 50.8 Å². The van der Waals surface area contributed by atoms with Crippen molar-refractivity contribution >= 4 is 64.5 Å². The number of amides is 5. The Morgan fingerprint density at radius 3 is 1.96 bits per heavy atom. The van der Waals surface area contributed by atoms with Crippen LogP contribution in [0, 0.1) is 0 Å². The largest absolute Gasteiger partial charge is 0.493 e. The van der Waals surface area contributed by atoms with Crippen LogP contribution in [0.4, 0.5) is 22.7 Å². The molecule has 4 aliphatic rings. The molecule has 0 saturated carbocycles. The molecule has 73 heavy (non-hydrogen) atoms. The molecule has 0 fully saturated rings. The number of nitrogens with zero attached hydrogens (tertiary/aromatic N) is 3. The third kappa shape index (κ3) is 10.9. The van der Waals surface area contributed by atoms with Crippen molar-refractivity contribution in [2.75, 3.05) is 69.2 Å². The smallest absolute Gasteiger partial charge is 0.307 e. The standard InChI is InChI=1S/C53H54N8O12/c1-69-43-19-37-39(55-23-35-17-32-8-4-6-10-41(32)60(35)52(37)67)21-45(43)72-28-30-14-31(16-34(15-30)51(66)59-27-49(64)58-26-48(63)57-25-47(62)54-13-12-50(65)71-3)29-73-46-22-40-38(20-44(46)70-2)53(68)61-36(24-56-40)18-33-9-5-7-11-42(33)61/h4-11,14-16,19-23,35-36,51,56,59,66H,12-13,17-18,24-29H2,1-3H3,(H,54,62)(H,57,63)(H,58,64)/t35-,36-,51?/m0/s1. The lowest BCUT2D eigenvalue weighted by atomic mass is 10.0. The number of carbonyl (C=O) groups excluding carboxylic acids is 6. The highest BCUT2D eigenvalue weighted by Gasteiger charge is 2.39. The molecule has 0 spiro atoms. The lowest BCUT2D eigenvalue weighted by Gasteiger charge is -2.23. The number of rotatable bonds is 19. The number of aliphatic hydroxyl groups excluding tert-OH is 1. The maximum Gasteiger partial charge on any atom is 0.307 e. The number of para-hydroxylation sites is 2. The molecule has 4 heterocycles. The Kier molecular flexibility index (Phi) is 14.8. The Bertz CT molecular complexity index is 3020. The highest BCUT2D eigenvalue weighted by Crippen LogP contribution is 2.43. The van der Waals surface area contributed by atoms with Gasteiger partial charge in [-0.3, -0.25) is 44.0 Å². The van der Waals surface area contributed by atoms with Gasteiger partial charge in [0.1, 0.15) is 19.4 Å². The van der Waals surface area contributed by atoms with Crippen molar-refractivity contribution < 1.29 is 57.6 Å². The van der Waals surface area contributed by atoms with Crippen LogP contribution >= 0.6 is 0 Å². The predicted molar refractivity (Wildman–Crippen MR) is 268 cm³/mol. The van der Waals surface area contributed by atoms with Crippen molar-refractivity contribution in [3.63, 3.8) is 0 Å². The van der Waals surface area contributed by atoms with E-state index < -0.39 is 43.0 Å². The molecule has 5 aromatic carbocycles. The van der Waals surface area contributed by atoms with E-state index in [9.17, 15) is 33.9 Å². The fourth-order valence-electron chi connectivity index (χ4n) is 9.30. The number of hydrogen-bond acceptors (Lipinski definition) is 15. The van der Waals surface area contributed by atoms with E-state index in [1.165, 1.54) is 21.3 Å². The fourth-order valence-corrected chi connectivity index (χ4v) is 9.30. The van der Waals surface area contributed by atoms with Crippen molar-refractivity contribution in [3.05, 3.63) is 130 Å². The van der Waals surface area contributed by atoms with Crippen LogP contribution in [0.25, 0.3) is 0 Å². The van der Waals surface area contributed by atoms with Crippen LogP contribution in [0.3, 0.4) is 0 Å². The second-order valence-electron chi connectivity index (χ2n) is 17.6. The first kappa shape index (κ1) is 49.5. The number of aliphatic hydroxyl groups is 1. The summed E-state index contributed by atoms with van der Waals surface area (Å²) in [5, 5.41) is 25.0. The van der Waals surface area contributed by atoms with E-state index in [0.717, 1.165) is 28.9 Å². The molecular weight excluding hydrogens is 941 g/mol. The average molecular weight is 995 g/mol. The number of benzene rings is 5. The molecule has 5 amide bonds. The number of nitrogens with one attached hydrogen (secondary N) is 5. The summed E-state index contributed by atoms with van der Waals surface area (Å²) in [5.41, 5.74) is 7.22. The minimum Gasteiger partial charge on any atom is -0.493 e. The Labute approximate surface area is 420 Å². The van der Waals surface area contributed by atoms with Gasteiger partial charge in [0.15, 0.2) is 23.0 Å². The van der Waals surface area contributed by atoms with Gasteiger partial charge in [-0.15, -0.1) is 0 Å². The van der Waals surface area contributed by atoms with Crippen LogP contribution in [-0.4, -0.2) is 113 Å². The van der Waals surface area contributed by atoms with Crippen LogP contribution in [-0.2, 0) is 50.0 Å². The zero-order valence-electron chi connectivity index (χ0n) is 40.3. The summed E-state index contributed by atoms with van der Waals surface area (Å²) in [5.74, 6) is -1.32. The molecule has 1 unspecified atom stereocenters. The fraction of sp³-hybridized carbons (Fsp3) is 0.302. The van der Waals surface area contributed by atoms with Crippen LogP contribution in [0.2, 0.25) is 0 Å². The number of fused-ring (bicyclic) bond motifs is 8. The lowest BCUT2D eigenvalue weighted by Crippen LogP contribution is -2.44. The van der Waals surface area contributed by atoms with E-state index in [2.05, 4.69) is 31.3 Å². The van der Waals surface area contributed by atoms with Gasteiger partial charge in [0, 0.05) is 49.2 Å². The van der Waals surface area contributed by atoms with Gasteiger partial charge in [0.25, 0.3) is 11.8 Å². The molecule has 0 aliphatic carbocycles. The van der Waals surface area contributed by atoms with Gasteiger partial charge >= 0.3 is 5.97 Å². The Morgan fingerprint density at radius 1 is 0.699 bits per heavy atom. The molecule has 20 heteroatoms. The monoisotopic (exact) mass is 994 g/mol. The second-order valence-corrected chi connectivity index (χ2v) is 17.6. The minimum absolute atomic E-state index is 0.0266. The van der Waals surface area contributed by atoms with Crippen LogP contribution < -0.4 is 55.3 Å². The number of esters is 1. The van der Waals surface area contributed by atoms with E-state index in [1.54, 1.807) is 47.5 Å². The Hall–Kier alpha value is -8.49. The minimum atomic E-state index is -1.40. The zero-order chi connectivity index (χ0) is 51.2. The third-order valence-electron chi connectivity index (χ3n) is 12.9. The lowest BCUT2D eigenvalue weighted by molar-refractivity contribution is -0.140. The van der Waals surface area contributed by atoms with Crippen molar-refractivity contribution in [2.24, 2.45) is 4.99 Å². The normalized spacial score (nSPS) is 16.2.